The fourth-order valence-corrected chi connectivity index (χ4v) is 3.97. The van der Waals surface area contributed by atoms with Gasteiger partial charge in [0.25, 0.3) is 5.56 Å². The number of hydrogen-bond donors (Lipinski definition) is 1. The number of ether oxygens (including phenoxy) is 3. The SMILES string of the molecule is CCOC(=O)N1CCn2c(nc(-c3ccncn3)cc2=O)C(NCc2ccc(OC)cc2OC)C1. The van der Waals surface area contributed by atoms with E-state index in [9.17, 15) is 9.59 Å². The number of benzene rings is 1. The van der Waals surface area contributed by atoms with E-state index in [0.29, 0.717) is 48.3 Å². The predicted octanol–water partition coefficient (Wildman–Crippen LogP) is 2.02. The summed E-state index contributed by atoms with van der Waals surface area (Å²) in [7, 11) is 3.19. The number of fused-ring (bicyclic) bond motifs is 1. The molecule has 11 heteroatoms. The highest BCUT2D eigenvalue weighted by Gasteiger charge is 2.29. The van der Waals surface area contributed by atoms with Gasteiger partial charge in [-0.1, -0.05) is 6.07 Å². The van der Waals surface area contributed by atoms with E-state index >= 15 is 0 Å². The van der Waals surface area contributed by atoms with Crippen LogP contribution in [0, 0.1) is 0 Å². The quantitative estimate of drug-likeness (QED) is 0.541. The number of nitrogens with one attached hydrogen (secondary N) is 1. The largest absolute Gasteiger partial charge is 0.497 e. The van der Waals surface area contributed by atoms with Gasteiger partial charge in [0, 0.05) is 50.1 Å². The van der Waals surface area contributed by atoms with Gasteiger partial charge in [0.05, 0.1) is 38.3 Å². The summed E-state index contributed by atoms with van der Waals surface area (Å²) in [6.07, 6.45) is 2.58. The van der Waals surface area contributed by atoms with Crippen LogP contribution in [0.1, 0.15) is 24.4 Å². The fraction of sp³-hybridized carbons (Fsp3) is 0.375. The Morgan fingerprint density at radius 1 is 1.14 bits per heavy atom. The number of rotatable bonds is 7. The Kier molecular flexibility index (Phi) is 7.56. The molecule has 0 spiro atoms. The van der Waals surface area contributed by atoms with Gasteiger partial charge in [-0.2, -0.15) is 0 Å². The zero-order valence-corrected chi connectivity index (χ0v) is 19.9. The van der Waals surface area contributed by atoms with E-state index in [1.165, 1.54) is 12.4 Å². The van der Waals surface area contributed by atoms with Gasteiger partial charge in [-0.15, -0.1) is 0 Å². The first-order valence-corrected chi connectivity index (χ1v) is 11.3. The van der Waals surface area contributed by atoms with Crippen LogP contribution in [0.4, 0.5) is 4.79 Å². The molecule has 3 heterocycles. The number of aromatic nitrogens is 4. The molecule has 2 aromatic heterocycles. The number of carbonyl (C=O) groups excluding carboxylic acids is 1. The Morgan fingerprint density at radius 3 is 2.71 bits per heavy atom. The maximum absolute atomic E-state index is 13.1. The average molecular weight is 481 g/mol. The van der Waals surface area contributed by atoms with Crippen molar-refractivity contribution in [2.24, 2.45) is 0 Å². The maximum Gasteiger partial charge on any atom is 0.409 e. The molecule has 0 bridgehead atoms. The molecular weight excluding hydrogens is 452 g/mol. The van der Waals surface area contributed by atoms with Gasteiger partial charge in [0.2, 0.25) is 0 Å². The standard InChI is InChI=1S/C24H28N6O5/c1-4-35-24(32)29-9-10-30-22(31)12-19(18-7-8-25-15-27-18)28-23(30)20(14-29)26-13-16-5-6-17(33-2)11-21(16)34-3/h5-8,11-12,15,20,26H,4,9-10,13-14H2,1-3H3. The molecule has 1 unspecified atom stereocenters. The summed E-state index contributed by atoms with van der Waals surface area (Å²) in [6.45, 7) is 3.33. The molecule has 3 aromatic rings. The van der Waals surface area contributed by atoms with Gasteiger partial charge in [-0.3, -0.25) is 9.36 Å². The number of nitrogens with zero attached hydrogens (tertiary/aromatic N) is 5. The van der Waals surface area contributed by atoms with Crippen molar-refractivity contribution in [1.82, 2.24) is 29.7 Å². The minimum absolute atomic E-state index is 0.219. The van der Waals surface area contributed by atoms with Crippen molar-refractivity contribution >= 4 is 6.09 Å². The molecule has 0 radical (unpaired) electrons. The van der Waals surface area contributed by atoms with Crippen molar-refractivity contribution in [1.29, 1.82) is 0 Å². The summed E-state index contributed by atoms with van der Waals surface area (Å²) in [5.41, 5.74) is 1.66. The highest BCUT2D eigenvalue weighted by atomic mass is 16.6. The van der Waals surface area contributed by atoms with Crippen LogP contribution in [0.15, 0.2) is 47.7 Å². The molecule has 0 saturated carbocycles. The zero-order chi connectivity index (χ0) is 24.8. The molecule has 1 amide bonds. The zero-order valence-electron chi connectivity index (χ0n) is 19.9. The molecule has 0 saturated heterocycles. The third-order valence-corrected chi connectivity index (χ3v) is 5.75. The van der Waals surface area contributed by atoms with Crippen molar-refractivity contribution in [2.45, 2.75) is 26.1 Å². The van der Waals surface area contributed by atoms with Crippen LogP contribution >= 0.6 is 0 Å². The molecule has 0 aliphatic carbocycles. The summed E-state index contributed by atoms with van der Waals surface area (Å²) in [5.74, 6) is 1.86. The number of carbonyl (C=O) groups is 1. The van der Waals surface area contributed by atoms with E-state index in [0.717, 1.165) is 5.56 Å². The maximum atomic E-state index is 13.1. The molecule has 1 aromatic carbocycles. The third-order valence-electron chi connectivity index (χ3n) is 5.75. The molecule has 35 heavy (non-hydrogen) atoms. The van der Waals surface area contributed by atoms with Crippen LogP contribution in [0.2, 0.25) is 0 Å². The van der Waals surface area contributed by atoms with Crippen LogP contribution in [-0.2, 0) is 17.8 Å². The first kappa shape index (κ1) is 24.1. The monoisotopic (exact) mass is 480 g/mol. The smallest absolute Gasteiger partial charge is 0.409 e. The first-order chi connectivity index (χ1) is 17.0. The predicted molar refractivity (Wildman–Crippen MR) is 127 cm³/mol. The van der Waals surface area contributed by atoms with Gasteiger partial charge < -0.3 is 24.4 Å². The van der Waals surface area contributed by atoms with E-state index in [1.54, 1.807) is 48.9 Å². The number of methoxy groups -OCH3 is 2. The van der Waals surface area contributed by atoms with Crippen molar-refractivity contribution in [3.63, 3.8) is 0 Å². The minimum atomic E-state index is -0.455. The van der Waals surface area contributed by atoms with Crippen LogP contribution in [0.3, 0.4) is 0 Å². The van der Waals surface area contributed by atoms with E-state index in [2.05, 4.69) is 15.3 Å². The van der Waals surface area contributed by atoms with Crippen LogP contribution in [0.25, 0.3) is 11.4 Å². The number of amides is 1. The Labute approximate surface area is 202 Å². The van der Waals surface area contributed by atoms with Gasteiger partial charge in [0.15, 0.2) is 0 Å². The van der Waals surface area contributed by atoms with Gasteiger partial charge in [-0.05, 0) is 19.1 Å². The Bertz CT molecular complexity index is 1230. The fourth-order valence-electron chi connectivity index (χ4n) is 3.97. The molecule has 4 rings (SSSR count). The lowest BCUT2D eigenvalue weighted by Gasteiger charge is -2.24. The summed E-state index contributed by atoms with van der Waals surface area (Å²) in [5, 5.41) is 3.45. The van der Waals surface area contributed by atoms with Gasteiger partial charge >= 0.3 is 6.09 Å². The van der Waals surface area contributed by atoms with Crippen molar-refractivity contribution in [3.05, 3.63) is 64.6 Å². The third kappa shape index (κ3) is 5.40. The molecule has 1 N–H and O–H groups in total. The van der Waals surface area contributed by atoms with Gasteiger partial charge in [0.1, 0.15) is 23.7 Å². The second kappa shape index (κ2) is 11.0. The summed E-state index contributed by atoms with van der Waals surface area (Å²) in [4.78, 5) is 40.2. The highest BCUT2D eigenvalue weighted by Crippen LogP contribution is 2.26. The Hall–Kier alpha value is -3.99. The Balaban J connectivity index is 1.70. The van der Waals surface area contributed by atoms with E-state index in [-0.39, 0.29) is 18.7 Å². The molecular formula is C24H28N6O5. The first-order valence-electron chi connectivity index (χ1n) is 11.3. The second-order valence-corrected chi connectivity index (χ2v) is 7.84. The number of hydrogen-bond acceptors (Lipinski definition) is 9. The van der Waals surface area contributed by atoms with Gasteiger partial charge in [-0.25, -0.2) is 19.7 Å². The average Bonchev–Trinajstić information content (AvgIpc) is 3.08. The second-order valence-electron chi connectivity index (χ2n) is 7.84. The molecule has 1 atom stereocenters. The summed E-state index contributed by atoms with van der Waals surface area (Å²) >= 11 is 0. The normalized spacial score (nSPS) is 15.2. The van der Waals surface area contributed by atoms with Crippen LogP contribution in [0.5, 0.6) is 11.5 Å². The van der Waals surface area contributed by atoms with E-state index < -0.39 is 12.1 Å². The molecule has 184 valence electrons. The van der Waals surface area contributed by atoms with Crippen molar-refractivity contribution in [3.8, 4) is 22.9 Å². The molecule has 11 nitrogen and oxygen atoms in total. The highest BCUT2D eigenvalue weighted by molar-refractivity contribution is 5.67. The lowest BCUT2D eigenvalue weighted by atomic mass is 10.1. The summed E-state index contributed by atoms with van der Waals surface area (Å²) in [6, 6.07) is 8.26. The van der Waals surface area contributed by atoms with E-state index in [4.69, 9.17) is 19.2 Å². The van der Waals surface area contributed by atoms with Crippen molar-refractivity contribution in [2.75, 3.05) is 33.9 Å². The van der Waals surface area contributed by atoms with Crippen LogP contribution < -0.4 is 20.3 Å². The lowest BCUT2D eigenvalue weighted by Crippen LogP contribution is -2.39. The van der Waals surface area contributed by atoms with Crippen molar-refractivity contribution < 1.29 is 19.0 Å². The lowest BCUT2D eigenvalue weighted by molar-refractivity contribution is 0.104. The molecule has 1 aliphatic rings. The molecule has 0 fully saturated rings. The Morgan fingerprint density at radius 2 is 2.00 bits per heavy atom. The minimum Gasteiger partial charge on any atom is -0.497 e. The molecule has 1 aliphatic heterocycles. The summed E-state index contributed by atoms with van der Waals surface area (Å²) < 4.78 is 17.6. The topological polar surface area (TPSA) is 121 Å². The van der Waals surface area contributed by atoms with Crippen LogP contribution in [-0.4, -0.2) is 64.4 Å². The van der Waals surface area contributed by atoms with E-state index in [1.807, 2.05) is 12.1 Å².